The van der Waals surface area contributed by atoms with Crippen molar-refractivity contribution in [2.75, 3.05) is 0 Å². The van der Waals surface area contributed by atoms with Gasteiger partial charge < -0.3 is 4.74 Å². The second kappa shape index (κ2) is 7.56. The molecule has 0 heterocycles. The molecule has 0 aromatic rings. The van der Waals surface area contributed by atoms with E-state index in [0.29, 0.717) is 12.8 Å². The van der Waals surface area contributed by atoms with Crippen LogP contribution in [0.15, 0.2) is 0 Å². The first kappa shape index (κ1) is 20.7. The van der Waals surface area contributed by atoms with Crippen molar-refractivity contribution in [1.29, 1.82) is 0 Å². The summed E-state index contributed by atoms with van der Waals surface area (Å²) < 4.78 is 108. The van der Waals surface area contributed by atoms with Gasteiger partial charge in [0.2, 0.25) is 0 Å². The minimum absolute atomic E-state index is 0.170. The Labute approximate surface area is 141 Å². The Balaban J connectivity index is 1.93. The van der Waals surface area contributed by atoms with E-state index in [9.17, 15) is 35.1 Å². The monoisotopic (exact) mass is 382 g/mol. The van der Waals surface area contributed by atoms with Gasteiger partial charge in [-0.2, -0.15) is 22.0 Å². The smallest absolute Gasteiger partial charge is 0.311 e. The molecule has 2 rings (SSSR count). The zero-order chi connectivity index (χ0) is 19.0. The quantitative estimate of drug-likeness (QED) is 0.561. The summed E-state index contributed by atoms with van der Waals surface area (Å²) >= 11 is 0. The third-order valence-electron chi connectivity index (χ3n) is 5.33. The Morgan fingerprint density at radius 1 is 0.880 bits per heavy atom. The fraction of sp³-hybridized carbons (Fsp3) is 1.00. The predicted octanol–water partition coefficient (Wildman–Crippen LogP) is 5.78. The Kier molecular flexibility index (Phi) is 6.27. The van der Waals surface area contributed by atoms with Gasteiger partial charge in [-0.25, -0.2) is 13.2 Å². The average molecular weight is 382 g/mol. The summed E-state index contributed by atoms with van der Waals surface area (Å²) in [5.74, 6) is -0.510. The highest BCUT2D eigenvalue weighted by Gasteiger charge is 2.59. The lowest BCUT2D eigenvalue weighted by Gasteiger charge is -2.41. The molecule has 0 N–H and O–H groups in total. The van der Waals surface area contributed by atoms with E-state index in [4.69, 9.17) is 0 Å². The van der Waals surface area contributed by atoms with Crippen molar-refractivity contribution in [2.24, 2.45) is 17.8 Å². The maximum atomic E-state index is 14.2. The zero-order valence-electron chi connectivity index (χ0n) is 13.7. The predicted molar refractivity (Wildman–Crippen MR) is 74.4 cm³/mol. The number of rotatable bonds is 4. The minimum Gasteiger partial charge on any atom is -0.311 e. The van der Waals surface area contributed by atoms with Crippen LogP contribution in [0.25, 0.3) is 0 Å². The SMILES string of the molecule is CC1CCC(C2CCC(OC(F)(F)C(F)C(F)(F)F)C(F)C2)C(F)C1. The molecule has 2 aliphatic rings. The Bertz CT molecular complexity index is 440. The molecule has 2 saturated carbocycles. The third kappa shape index (κ3) is 4.98. The van der Waals surface area contributed by atoms with Crippen molar-refractivity contribution < 1.29 is 39.9 Å². The molecule has 0 aliphatic heterocycles. The van der Waals surface area contributed by atoms with E-state index in [1.165, 1.54) is 0 Å². The molecule has 0 aromatic carbocycles. The van der Waals surface area contributed by atoms with Gasteiger partial charge in [0, 0.05) is 0 Å². The molecule has 0 aromatic heterocycles. The highest BCUT2D eigenvalue weighted by Crippen LogP contribution is 2.44. The molecule has 2 aliphatic carbocycles. The molecule has 0 spiro atoms. The molecule has 7 unspecified atom stereocenters. The molecule has 7 atom stereocenters. The van der Waals surface area contributed by atoms with Crippen LogP contribution in [0.5, 0.6) is 0 Å². The van der Waals surface area contributed by atoms with Crippen molar-refractivity contribution in [3.63, 3.8) is 0 Å². The Morgan fingerprint density at radius 3 is 2.04 bits per heavy atom. The first-order valence-electron chi connectivity index (χ1n) is 8.46. The van der Waals surface area contributed by atoms with Crippen LogP contribution in [0.2, 0.25) is 0 Å². The largest absolute Gasteiger partial charge is 0.428 e. The molecule has 2 fully saturated rings. The third-order valence-corrected chi connectivity index (χ3v) is 5.33. The fourth-order valence-corrected chi connectivity index (χ4v) is 3.96. The summed E-state index contributed by atoms with van der Waals surface area (Å²) in [6, 6.07) is 0. The highest BCUT2D eigenvalue weighted by atomic mass is 19.4. The molecular formula is C16H22F8O. The number of halogens is 8. The molecule has 0 bridgehead atoms. The summed E-state index contributed by atoms with van der Waals surface area (Å²) in [4.78, 5) is 0. The molecule has 9 heteroatoms. The van der Waals surface area contributed by atoms with Crippen molar-refractivity contribution in [2.45, 2.75) is 82.4 Å². The lowest BCUT2D eigenvalue weighted by molar-refractivity contribution is -0.354. The van der Waals surface area contributed by atoms with Crippen LogP contribution < -0.4 is 0 Å². The van der Waals surface area contributed by atoms with E-state index in [-0.39, 0.29) is 37.0 Å². The van der Waals surface area contributed by atoms with Crippen LogP contribution in [-0.2, 0) is 4.74 Å². The average Bonchev–Trinajstić information content (AvgIpc) is 2.47. The second-order valence-electron chi connectivity index (χ2n) is 7.31. The van der Waals surface area contributed by atoms with E-state index >= 15 is 0 Å². The summed E-state index contributed by atoms with van der Waals surface area (Å²) in [5.41, 5.74) is 0. The minimum atomic E-state index is -5.80. The van der Waals surface area contributed by atoms with E-state index in [0.717, 1.165) is 6.42 Å². The van der Waals surface area contributed by atoms with Crippen LogP contribution in [0.4, 0.5) is 35.1 Å². The standard InChI is InChI=1S/C16H22F8O/c1-8-2-4-10(11(17)6-8)9-3-5-13(12(18)7-9)25-16(23,24)14(19)15(20,21)22/h8-14H,2-7H2,1H3. The first-order valence-corrected chi connectivity index (χ1v) is 8.46. The molecule has 0 saturated heterocycles. The Morgan fingerprint density at radius 2 is 1.52 bits per heavy atom. The summed E-state index contributed by atoms with van der Waals surface area (Å²) in [7, 11) is 0. The maximum absolute atomic E-state index is 14.2. The Hall–Kier alpha value is -0.600. The van der Waals surface area contributed by atoms with Crippen LogP contribution in [0.3, 0.4) is 0 Å². The lowest BCUT2D eigenvalue weighted by Crippen LogP contribution is -2.49. The van der Waals surface area contributed by atoms with Gasteiger partial charge in [-0.3, -0.25) is 0 Å². The molecule has 148 valence electrons. The summed E-state index contributed by atoms with van der Waals surface area (Å²) in [5, 5.41) is 0. The van der Waals surface area contributed by atoms with E-state index in [1.807, 2.05) is 6.92 Å². The van der Waals surface area contributed by atoms with Gasteiger partial charge in [-0.1, -0.05) is 13.3 Å². The molecular weight excluding hydrogens is 360 g/mol. The highest BCUT2D eigenvalue weighted by molar-refractivity contribution is 4.90. The lowest BCUT2D eigenvalue weighted by atomic mass is 9.69. The molecule has 0 amide bonds. The zero-order valence-corrected chi connectivity index (χ0v) is 13.7. The van der Waals surface area contributed by atoms with Crippen molar-refractivity contribution in [3.8, 4) is 0 Å². The molecule has 0 radical (unpaired) electrons. The van der Waals surface area contributed by atoms with E-state index in [1.54, 1.807) is 0 Å². The fourth-order valence-electron chi connectivity index (χ4n) is 3.96. The maximum Gasteiger partial charge on any atom is 0.428 e. The summed E-state index contributed by atoms with van der Waals surface area (Å²) in [6.07, 6.45) is -19.0. The van der Waals surface area contributed by atoms with Gasteiger partial charge in [0.05, 0.1) is 6.10 Å². The summed E-state index contributed by atoms with van der Waals surface area (Å²) in [6.45, 7) is 1.92. The topological polar surface area (TPSA) is 9.23 Å². The number of hydrogen-bond donors (Lipinski definition) is 0. The van der Waals surface area contributed by atoms with Crippen molar-refractivity contribution in [3.05, 3.63) is 0 Å². The van der Waals surface area contributed by atoms with Gasteiger partial charge in [0.25, 0.3) is 6.17 Å². The normalized spacial score (nSPS) is 39.2. The van der Waals surface area contributed by atoms with Crippen LogP contribution in [-0.4, -0.2) is 36.9 Å². The van der Waals surface area contributed by atoms with Crippen LogP contribution in [0, 0.1) is 17.8 Å². The van der Waals surface area contributed by atoms with Crippen LogP contribution >= 0.6 is 0 Å². The number of ether oxygens (including phenoxy) is 1. The second-order valence-corrected chi connectivity index (χ2v) is 7.31. The van der Waals surface area contributed by atoms with Crippen molar-refractivity contribution >= 4 is 0 Å². The first-order chi connectivity index (χ1) is 11.4. The number of hydrogen-bond acceptors (Lipinski definition) is 1. The van der Waals surface area contributed by atoms with Crippen LogP contribution in [0.1, 0.15) is 45.4 Å². The van der Waals surface area contributed by atoms with Gasteiger partial charge in [-0.15, -0.1) is 0 Å². The van der Waals surface area contributed by atoms with Crippen molar-refractivity contribution in [1.82, 2.24) is 0 Å². The molecule has 25 heavy (non-hydrogen) atoms. The van der Waals surface area contributed by atoms with E-state index < -0.39 is 36.9 Å². The molecule has 1 nitrogen and oxygen atoms in total. The van der Waals surface area contributed by atoms with Gasteiger partial charge >= 0.3 is 12.3 Å². The van der Waals surface area contributed by atoms with E-state index in [2.05, 4.69) is 4.74 Å². The van der Waals surface area contributed by atoms with Gasteiger partial charge in [-0.05, 0) is 49.9 Å². The number of alkyl halides is 8. The van der Waals surface area contributed by atoms with Gasteiger partial charge in [0.15, 0.2) is 0 Å². The van der Waals surface area contributed by atoms with Gasteiger partial charge in [0.1, 0.15) is 12.3 Å².